The molecular weight excluding hydrogens is 356 g/mol. The van der Waals surface area contributed by atoms with Gasteiger partial charge in [0.1, 0.15) is 19.3 Å². The summed E-state index contributed by atoms with van der Waals surface area (Å²) in [5, 5.41) is 8.64. The minimum atomic E-state index is -0.691. The number of carbonyl (C=O) groups excluding carboxylic acids is 2. The number of ether oxygens (including phenoxy) is 2. The van der Waals surface area contributed by atoms with Crippen LogP contribution in [0.5, 0.6) is 11.5 Å². The second-order valence-corrected chi connectivity index (χ2v) is 6.73. The molecule has 9 heteroatoms. The van der Waals surface area contributed by atoms with E-state index in [2.05, 4.69) is 16.0 Å². The Labute approximate surface area is 157 Å². The van der Waals surface area contributed by atoms with Crippen LogP contribution in [0, 0.1) is 5.92 Å². The fourth-order valence-corrected chi connectivity index (χ4v) is 2.61. The number of fused-ring (bicyclic) bond motifs is 1. The summed E-state index contributed by atoms with van der Waals surface area (Å²) in [5.74, 6) is 0.644. The van der Waals surface area contributed by atoms with Gasteiger partial charge < -0.3 is 31.2 Å². The summed E-state index contributed by atoms with van der Waals surface area (Å²) in [6.07, 6.45) is 0.487. The van der Waals surface area contributed by atoms with Gasteiger partial charge in [-0.3, -0.25) is 9.59 Å². The molecule has 2 amide bonds. The maximum atomic E-state index is 12.0. The number of thiocarbonyl (C=S) groups is 1. The first kappa shape index (κ1) is 19.8. The van der Waals surface area contributed by atoms with Gasteiger partial charge in [-0.25, -0.2) is 0 Å². The van der Waals surface area contributed by atoms with Gasteiger partial charge >= 0.3 is 0 Å². The predicted octanol–water partition coefficient (Wildman–Crippen LogP) is 0.760. The molecule has 26 heavy (non-hydrogen) atoms. The number of hydrogen-bond acceptors (Lipinski definition) is 5. The molecule has 8 nitrogen and oxygen atoms in total. The molecule has 0 radical (unpaired) electrons. The predicted molar refractivity (Wildman–Crippen MR) is 102 cm³/mol. The number of hydrogen-bond donors (Lipinski definition) is 4. The molecule has 1 aliphatic heterocycles. The van der Waals surface area contributed by atoms with Gasteiger partial charge in [0.05, 0.1) is 6.54 Å². The lowest BCUT2D eigenvalue weighted by Crippen LogP contribution is -2.48. The van der Waals surface area contributed by atoms with E-state index in [-0.39, 0.29) is 23.5 Å². The van der Waals surface area contributed by atoms with Crippen LogP contribution in [-0.4, -0.2) is 42.7 Å². The summed E-state index contributed by atoms with van der Waals surface area (Å²) in [6.45, 7) is 4.85. The molecule has 0 bridgehead atoms. The molecule has 1 aliphatic rings. The summed E-state index contributed by atoms with van der Waals surface area (Å²) < 4.78 is 11.0. The summed E-state index contributed by atoms with van der Waals surface area (Å²) in [6, 6.07) is 4.67. The van der Waals surface area contributed by atoms with Crippen molar-refractivity contribution in [1.29, 1.82) is 0 Å². The highest BCUT2D eigenvalue weighted by atomic mass is 32.1. The molecule has 1 aromatic rings. The maximum absolute atomic E-state index is 12.0. The van der Waals surface area contributed by atoms with Gasteiger partial charge in [-0.15, -0.1) is 0 Å². The van der Waals surface area contributed by atoms with Gasteiger partial charge in [0.25, 0.3) is 0 Å². The van der Waals surface area contributed by atoms with Crippen molar-refractivity contribution >= 4 is 34.8 Å². The fraction of sp³-hybridized carbons (Fsp3) is 0.471. The average Bonchev–Trinajstić information content (AvgIpc) is 2.59. The first-order valence-corrected chi connectivity index (χ1v) is 8.79. The Bertz CT molecular complexity index is 681. The minimum absolute atomic E-state index is 0.0712. The van der Waals surface area contributed by atoms with Crippen LogP contribution in [0.15, 0.2) is 18.2 Å². The molecule has 2 rings (SSSR count). The van der Waals surface area contributed by atoms with Crippen LogP contribution in [0.1, 0.15) is 20.3 Å². The normalized spacial score (nSPS) is 13.7. The van der Waals surface area contributed by atoms with E-state index in [4.69, 9.17) is 27.4 Å². The van der Waals surface area contributed by atoms with E-state index in [0.29, 0.717) is 36.8 Å². The fourth-order valence-electron chi connectivity index (χ4n) is 2.42. The SMILES string of the molecule is CC(C)CC(NC(=O)CNC(=S)Nc1ccc2c(c1)OCCO2)C(N)=O. The zero-order valence-corrected chi connectivity index (χ0v) is 15.7. The third kappa shape index (κ3) is 6.07. The molecule has 142 valence electrons. The zero-order valence-electron chi connectivity index (χ0n) is 14.8. The molecule has 0 aliphatic carbocycles. The lowest BCUT2D eigenvalue weighted by Gasteiger charge is -2.20. The topological polar surface area (TPSA) is 115 Å². The van der Waals surface area contributed by atoms with Crippen molar-refractivity contribution in [2.75, 3.05) is 25.1 Å². The molecule has 1 atom stereocenters. The highest BCUT2D eigenvalue weighted by Gasteiger charge is 2.19. The van der Waals surface area contributed by atoms with Crippen molar-refractivity contribution in [2.45, 2.75) is 26.3 Å². The Morgan fingerprint density at radius 1 is 1.23 bits per heavy atom. The standard InChI is InChI=1S/C17H24N4O4S/c1-10(2)7-12(16(18)23)21-15(22)9-19-17(26)20-11-3-4-13-14(8-11)25-6-5-24-13/h3-4,8,10,12H,5-7,9H2,1-2H3,(H2,18,23)(H,21,22)(H2,19,20,26). The molecular formula is C17H24N4O4S. The van der Waals surface area contributed by atoms with E-state index in [0.717, 1.165) is 0 Å². The molecule has 5 N–H and O–H groups in total. The van der Waals surface area contributed by atoms with Gasteiger partial charge in [0, 0.05) is 11.8 Å². The number of nitrogens with two attached hydrogens (primary N) is 1. The molecule has 0 spiro atoms. The third-order valence-corrected chi connectivity index (χ3v) is 3.84. The zero-order chi connectivity index (χ0) is 19.1. The number of anilines is 1. The van der Waals surface area contributed by atoms with Crippen molar-refractivity contribution < 1.29 is 19.1 Å². The number of carbonyl (C=O) groups is 2. The van der Waals surface area contributed by atoms with E-state index in [1.54, 1.807) is 18.2 Å². The average molecular weight is 380 g/mol. The first-order chi connectivity index (χ1) is 12.3. The Hall–Kier alpha value is -2.55. The van der Waals surface area contributed by atoms with Gasteiger partial charge in [0.2, 0.25) is 11.8 Å². The van der Waals surface area contributed by atoms with E-state index in [1.807, 2.05) is 13.8 Å². The lowest BCUT2D eigenvalue weighted by atomic mass is 10.0. The maximum Gasteiger partial charge on any atom is 0.240 e. The van der Waals surface area contributed by atoms with Crippen molar-refractivity contribution in [3.63, 3.8) is 0 Å². The molecule has 0 fully saturated rings. The van der Waals surface area contributed by atoms with Crippen molar-refractivity contribution in [2.24, 2.45) is 11.7 Å². The molecule has 1 unspecified atom stereocenters. The number of nitrogens with one attached hydrogen (secondary N) is 3. The minimum Gasteiger partial charge on any atom is -0.486 e. The van der Waals surface area contributed by atoms with Crippen LogP contribution < -0.4 is 31.2 Å². The van der Waals surface area contributed by atoms with Crippen molar-refractivity contribution in [3.05, 3.63) is 18.2 Å². The van der Waals surface area contributed by atoms with Gasteiger partial charge in [0.15, 0.2) is 16.6 Å². The third-order valence-electron chi connectivity index (χ3n) is 3.60. The Balaban J connectivity index is 1.80. The highest BCUT2D eigenvalue weighted by molar-refractivity contribution is 7.80. The quantitative estimate of drug-likeness (QED) is 0.516. The van der Waals surface area contributed by atoms with Crippen LogP contribution in [0.25, 0.3) is 0 Å². The highest BCUT2D eigenvalue weighted by Crippen LogP contribution is 2.32. The lowest BCUT2D eigenvalue weighted by molar-refractivity contribution is -0.127. The summed E-state index contributed by atoms with van der Waals surface area (Å²) in [4.78, 5) is 23.4. The monoisotopic (exact) mass is 380 g/mol. The van der Waals surface area contributed by atoms with E-state index in [9.17, 15) is 9.59 Å². The van der Waals surface area contributed by atoms with Crippen LogP contribution in [0.4, 0.5) is 5.69 Å². The second kappa shape index (κ2) is 9.23. The Kier molecular flexibility index (Phi) is 7.02. The molecule has 0 saturated carbocycles. The van der Waals surface area contributed by atoms with Crippen molar-refractivity contribution in [1.82, 2.24) is 10.6 Å². The van der Waals surface area contributed by atoms with Crippen molar-refractivity contribution in [3.8, 4) is 11.5 Å². The van der Waals surface area contributed by atoms with Crippen LogP contribution >= 0.6 is 12.2 Å². The van der Waals surface area contributed by atoms with Gasteiger partial charge in [-0.1, -0.05) is 13.8 Å². The first-order valence-electron chi connectivity index (χ1n) is 8.38. The Morgan fingerprint density at radius 3 is 2.58 bits per heavy atom. The van der Waals surface area contributed by atoms with Crippen LogP contribution in [0.3, 0.4) is 0 Å². The van der Waals surface area contributed by atoms with E-state index >= 15 is 0 Å². The number of primary amides is 1. The van der Waals surface area contributed by atoms with E-state index < -0.39 is 11.9 Å². The smallest absolute Gasteiger partial charge is 0.240 e. The molecule has 0 aromatic heterocycles. The number of rotatable bonds is 7. The van der Waals surface area contributed by atoms with Crippen LogP contribution in [0.2, 0.25) is 0 Å². The van der Waals surface area contributed by atoms with Crippen LogP contribution in [-0.2, 0) is 9.59 Å². The number of amides is 2. The summed E-state index contributed by atoms with van der Waals surface area (Å²) >= 11 is 5.18. The molecule has 1 heterocycles. The summed E-state index contributed by atoms with van der Waals surface area (Å²) in [5.41, 5.74) is 6.02. The van der Waals surface area contributed by atoms with Gasteiger partial charge in [-0.2, -0.15) is 0 Å². The summed E-state index contributed by atoms with van der Waals surface area (Å²) in [7, 11) is 0. The van der Waals surface area contributed by atoms with E-state index in [1.165, 1.54) is 0 Å². The molecule has 0 saturated heterocycles. The molecule has 1 aromatic carbocycles. The largest absolute Gasteiger partial charge is 0.486 e. The van der Waals surface area contributed by atoms with Gasteiger partial charge in [-0.05, 0) is 36.7 Å². The Morgan fingerprint density at radius 2 is 1.92 bits per heavy atom. The second-order valence-electron chi connectivity index (χ2n) is 6.32. The number of benzene rings is 1.